The highest BCUT2D eigenvalue weighted by atomic mass is 19.1. The minimum atomic E-state index is -0.673. The van der Waals surface area contributed by atoms with E-state index < -0.39 is 11.7 Å². The zero-order chi connectivity index (χ0) is 14.5. The molecule has 2 aromatic carbocycles. The van der Waals surface area contributed by atoms with Crippen LogP contribution in [-0.2, 0) is 0 Å². The molecule has 0 fully saturated rings. The first-order chi connectivity index (χ1) is 9.65. The molecule has 1 N–H and O–H groups in total. The fourth-order valence-electron chi connectivity index (χ4n) is 1.78. The van der Waals surface area contributed by atoms with E-state index in [2.05, 4.69) is 5.32 Å². The van der Waals surface area contributed by atoms with Gasteiger partial charge in [-0.2, -0.15) is 0 Å². The Morgan fingerprint density at radius 3 is 2.70 bits per heavy atom. The number of rotatable bonds is 4. The van der Waals surface area contributed by atoms with Crippen molar-refractivity contribution in [2.45, 2.75) is 0 Å². The van der Waals surface area contributed by atoms with Crippen molar-refractivity contribution in [1.29, 1.82) is 0 Å². The highest BCUT2D eigenvalue weighted by Crippen LogP contribution is 2.22. The summed E-state index contributed by atoms with van der Waals surface area (Å²) in [7, 11) is 1.36. The van der Waals surface area contributed by atoms with E-state index in [1.807, 2.05) is 0 Å². The number of anilines is 1. The second kappa shape index (κ2) is 5.97. The van der Waals surface area contributed by atoms with E-state index in [1.54, 1.807) is 18.2 Å². The maximum Gasteiger partial charge on any atom is 0.262 e. The number of amides is 1. The molecular formula is C15H12FNO3. The number of ether oxygens (including phenoxy) is 1. The zero-order valence-electron chi connectivity index (χ0n) is 10.7. The molecule has 0 unspecified atom stereocenters. The third kappa shape index (κ3) is 2.83. The van der Waals surface area contributed by atoms with Crippen molar-refractivity contribution < 1.29 is 18.7 Å². The molecule has 0 aromatic heterocycles. The summed E-state index contributed by atoms with van der Waals surface area (Å²) < 4.78 is 18.7. The summed E-state index contributed by atoms with van der Waals surface area (Å²) in [6.45, 7) is 0. The van der Waals surface area contributed by atoms with Crippen LogP contribution in [0.2, 0.25) is 0 Å². The average molecular weight is 273 g/mol. The number of hydrogen-bond acceptors (Lipinski definition) is 3. The maximum atomic E-state index is 13.7. The lowest BCUT2D eigenvalue weighted by molar-refractivity contribution is 0.101. The molecule has 0 spiro atoms. The molecule has 2 rings (SSSR count). The minimum absolute atomic E-state index is 0.147. The second-order valence-electron chi connectivity index (χ2n) is 4.01. The molecule has 1 amide bonds. The van der Waals surface area contributed by atoms with Gasteiger partial charge in [-0.25, -0.2) is 4.39 Å². The van der Waals surface area contributed by atoms with E-state index >= 15 is 0 Å². The summed E-state index contributed by atoms with van der Waals surface area (Å²) >= 11 is 0. The molecule has 0 atom stereocenters. The van der Waals surface area contributed by atoms with E-state index in [0.717, 1.165) is 0 Å². The Kier molecular flexibility index (Phi) is 4.10. The first-order valence-corrected chi connectivity index (χ1v) is 5.85. The fourth-order valence-corrected chi connectivity index (χ4v) is 1.78. The number of benzene rings is 2. The Balaban J connectivity index is 2.30. The van der Waals surface area contributed by atoms with Crippen LogP contribution in [0.1, 0.15) is 20.7 Å². The van der Waals surface area contributed by atoms with Gasteiger partial charge in [0.1, 0.15) is 23.4 Å². The molecule has 0 aliphatic rings. The van der Waals surface area contributed by atoms with E-state index in [0.29, 0.717) is 17.5 Å². The van der Waals surface area contributed by atoms with Crippen molar-refractivity contribution in [2.75, 3.05) is 12.4 Å². The molecule has 0 saturated heterocycles. The summed E-state index contributed by atoms with van der Waals surface area (Å²) in [5, 5.41) is 2.53. The van der Waals surface area contributed by atoms with Gasteiger partial charge < -0.3 is 10.1 Å². The van der Waals surface area contributed by atoms with Crippen molar-refractivity contribution in [3.63, 3.8) is 0 Å². The van der Waals surface area contributed by atoms with Crippen molar-refractivity contribution in [2.24, 2.45) is 0 Å². The van der Waals surface area contributed by atoms with Crippen LogP contribution in [-0.4, -0.2) is 19.3 Å². The minimum Gasteiger partial charge on any atom is -0.496 e. The van der Waals surface area contributed by atoms with Crippen molar-refractivity contribution in [3.8, 4) is 5.75 Å². The lowest BCUT2D eigenvalue weighted by Gasteiger charge is -2.10. The van der Waals surface area contributed by atoms with Gasteiger partial charge in [-0.1, -0.05) is 18.2 Å². The quantitative estimate of drug-likeness (QED) is 0.871. The zero-order valence-corrected chi connectivity index (χ0v) is 10.7. The molecule has 0 aliphatic carbocycles. The SMILES string of the molecule is COc1cccc(F)c1C(=O)Nc1cccc(C=O)c1. The van der Waals surface area contributed by atoms with Crippen LogP contribution >= 0.6 is 0 Å². The number of methoxy groups -OCH3 is 1. The molecule has 20 heavy (non-hydrogen) atoms. The van der Waals surface area contributed by atoms with Crippen molar-refractivity contribution in [1.82, 2.24) is 0 Å². The highest BCUT2D eigenvalue weighted by Gasteiger charge is 2.17. The van der Waals surface area contributed by atoms with Gasteiger partial charge in [0.15, 0.2) is 0 Å². The predicted octanol–water partition coefficient (Wildman–Crippen LogP) is 2.90. The lowest BCUT2D eigenvalue weighted by Crippen LogP contribution is -2.15. The third-order valence-corrected chi connectivity index (χ3v) is 2.70. The van der Waals surface area contributed by atoms with Crippen LogP contribution in [0.5, 0.6) is 5.75 Å². The Morgan fingerprint density at radius 1 is 1.25 bits per heavy atom. The highest BCUT2D eigenvalue weighted by molar-refractivity contribution is 6.06. The number of halogens is 1. The Labute approximate surface area is 115 Å². The first kappa shape index (κ1) is 13.7. The molecule has 0 heterocycles. The van der Waals surface area contributed by atoms with Crippen LogP contribution < -0.4 is 10.1 Å². The van der Waals surface area contributed by atoms with Gasteiger partial charge in [0.25, 0.3) is 5.91 Å². The Hall–Kier alpha value is -2.69. The van der Waals surface area contributed by atoms with Crippen molar-refractivity contribution >= 4 is 17.9 Å². The molecule has 2 aromatic rings. The molecule has 0 aliphatic heterocycles. The molecule has 0 bridgehead atoms. The molecule has 102 valence electrons. The molecule has 0 saturated carbocycles. The van der Waals surface area contributed by atoms with E-state index in [4.69, 9.17) is 4.74 Å². The number of hydrogen-bond donors (Lipinski definition) is 1. The average Bonchev–Trinajstić information content (AvgIpc) is 2.46. The molecular weight excluding hydrogens is 261 g/mol. The number of carbonyl (C=O) groups excluding carboxylic acids is 2. The van der Waals surface area contributed by atoms with Gasteiger partial charge >= 0.3 is 0 Å². The van der Waals surface area contributed by atoms with Gasteiger partial charge in [0, 0.05) is 11.3 Å². The smallest absolute Gasteiger partial charge is 0.262 e. The third-order valence-electron chi connectivity index (χ3n) is 2.70. The molecule has 5 heteroatoms. The summed E-state index contributed by atoms with van der Waals surface area (Å²) in [6, 6.07) is 10.5. The van der Waals surface area contributed by atoms with Crippen LogP contribution in [0.15, 0.2) is 42.5 Å². The summed E-state index contributed by atoms with van der Waals surface area (Å²) in [5.41, 5.74) is 0.653. The second-order valence-corrected chi connectivity index (χ2v) is 4.01. The topological polar surface area (TPSA) is 55.4 Å². The summed E-state index contributed by atoms with van der Waals surface area (Å²) in [4.78, 5) is 22.8. The largest absolute Gasteiger partial charge is 0.496 e. The molecule has 0 radical (unpaired) electrons. The van der Waals surface area contributed by atoms with Crippen LogP contribution in [0.25, 0.3) is 0 Å². The monoisotopic (exact) mass is 273 g/mol. The van der Waals surface area contributed by atoms with Gasteiger partial charge in [0.2, 0.25) is 0 Å². The van der Waals surface area contributed by atoms with Gasteiger partial charge in [0.05, 0.1) is 7.11 Å². The summed E-state index contributed by atoms with van der Waals surface area (Å²) in [6.07, 6.45) is 0.666. The van der Waals surface area contributed by atoms with Crippen LogP contribution in [0.4, 0.5) is 10.1 Å². The first-order valence-electron chi connectivity index (χ1n) is 5.85. The summed E-state index contributed by atoms with van der Waals surface area (Å²) in [5.74, 6) is -1.16. The molecule has 4 nitrogen and oxygen atoms in total. The van der Waals surface area contributed by atoms with Crippen LogP contribution in [0.3, 0.4) is 0 Å². The Bertz CT molecular complexity index is 655. The predicted molar refractivity (Wildman–Crippen MR) is 72.7 cm³/mol. The van der Waals surface area contributed by atoms with Gasteiger partial charge in [-0.3, -0.25) is 9.59 Å². The normalized spacial score (nSPS) is 9.90. The van der Waals surface area contributed by atoms with Crippen molar-refractivity contribution in [3.05, 3.63) is 59.4 Å². The van der Waals surface area contributed by atoms with E-state index in [9.17, 15) is 14.0 Å². The van der Waals surface area contributed by atoms with Gasteiger partial charge in [-0.05, 0) is 24.3 Å². The maximum absolute atomic E-state index is 13.7. The van der Waals surface area contributed by atoms with E-state index in [1.165, 1.54) is 31.4 Å². The van der Waals surface area contributed by atoms with Gasteiger partial charge in [-0.15, -0.1) is 0 Å². The number of aldehydes is 1. The fraction of sp³-hybridized carbons (Fsp3) is 0.0667. The Morgan fingerprint density at radius 2 is 2.00 bits per heavy atom. The standard InChI is InChI=1S/C15H12FNO3/c1-20-13-7-3-6-12(16)14(13)15(19)17-11-5-2-4-10(8-11)9-18/h2-9H,1H3,(H,17,19). The number of nitrogens with one attached hydrogen (secondary N) is 1. The lowest BCUT2D eigenvalue weighted by atomic mass is 10.1. The van der Waals surface area contributed by atoms with Crippen LogP contribution in [0, 0.1) is 5.82 Å². The van der Waals surface area contributed by atoms with E-state index in [-0.39, 0.29) is 11.3 Å². The number of carbonyl (C=O) groups is 2.